The molecule has 0 unspecified atom stereocenters. The van der Waals surface area contributed by atoms with Gasteiger partial charge in [0.1, 0.15) is 6.61 Å². The third-order valence-electron chi connectivity index (χ3n) is 5.01. The van der Waals surface area contributed by atoms with Crippen LogP contribution in [0.25, 0.3) is 0 Å². The van der Waals surface area contributed by atoms with Crippen LogP contribution in [0.1, 0.15) is 31.2 Å². The smallest absolute Gasteiger partial charge is 0.407 e. The number of carbonyl (C=O) groups excluding carboxylic acids is 2. The van der Waals surface area contributed by atoms with Gasteiger partial charge in [-0.05, 0) is 49.3 Å². The summed E-state index contributed by atoms with van der Waals surface area (Å²) in [5.41, 5.74) is 1.81. The van der Waals surface area contributed by atoms with Crippen LogP contribution >= 0.6 is 0 Å². The minimum Gasteiger partial charge on any atom is -0.445 e. The van der Waals surface area contributed by atoms with Crippen molar-refractivity contribution in [3.8, 4) is 0 Å². The molecule has 1 fully saturated rings. The molecule has 5 heteroatoms. The van der Waals surface area contributed by atoms with E-state index in [1.807, 2.05) is 60.7 Å². The zero-order chi connectivity index (χ0) is 18.9. The van der Waals surface area contributed by atoms with E-state index in [-0.39, 0.29) is 24.5 Å². The number of anilines is 1. The van der Waals surface area contributed by atoms with Crippen LogP contribution in [-0.2, 0) is 16.1 Å². The van der Waals surface area contributed by atoms with E-state index in [2.05, 4.69) is 10.6 Å². The topological polar surface area (TPSA) is 67.4 Å². The fourth-order valence-electron chi connectivity index (χ4n) is 3.40. The molecular weight excluding hydrogens is 340 g/mol. The van der Waals surface area contributed by atoms with Gasteiger partial charge in [0.15, 0.2) is 0 Å². The number of alkyl carbamates (subject to hydrolysis) is 1. The Balaban J connectivity index is 1.33. The summed E-state index contributed by atoms with van der Waals surface area (Å²) in [6.07, 6.45) is 3.19. The molecule has 1 aliphatic rings. The maximum atomic E-state index is 12.4. The van der Waals surface area contributed by atoms with E-state index in [0.29, 0.717) is 12.5 Å². The van der Waals surface area contributed by atoms with E-state index in [4.69, 9.17) is 4.74 Å². The highest BCUT2D eigenvalue weighted by Gasteiger charge is 2.26. The lowest BCUT2D eigenvalue weighted by molar-refractivity contribution is -0.121. The van der Waals surface area contributed by atoms with Crippen LogP contribution in [0.3, 0.4) is 0 Å². The van der Waals surface area contributed by atoms with Gasteiger partial charge in [-0.3, -0.25) is 4.79 Å². The number of benzene rings is 2. The number of para-hydroxylation sites is 1. The van der Waals surface area contributed by atoms with Gasteiger partial charge in [0.25, 0.3) is 0 Å². The quantitative estimate of drug-likeness (QED) is 0.798. The van der Waals surface area contributed by atoms with Gasteiger partial charge in [0.05, 0.1) is 0 Å². The Morgan fingerprint density at radius 3 is 2.19 bits per heavy atom. The van der Waals surface area contributed by atoms with Crippen molar-refractivity contribution in [3.05, 3.63) is 66.2 Å². The highest BCUT2D eigenvalue weighted by Crippen LogP contribution is 2.29. The first-order valence-electron chi connectivity index (χ1n) is 9.51. The van der Waals surface area contributed by atoms with Crippen LogP contribution in [0.5, 0.6) is 0 Å². The van der Waals surface area contributed by atoms with Crippen LogP contribution in [0, 0.1) is 11.8 Å². The summed E-state index contributed by atoms with van der Waals surface area (Å²) in [4.78, 5) is 24.2. The van der Waals surface area contributed by atoms with E-state index >= 15 is 0 Å². The first kappa shape index (κ1) is 19.0. The molecule has 3 rings (SSSR count). The molecule has 27 heavy (non-hydrogen) atoms. The normalized spacial score (nSPS) is 19.1. The minimum absolute atomic E-state index is 0.0477. The summed E-state index contributed by atoms with van der Waals surface area (Å²) < 4.78 is 5.23. The highest BCUT2D eigenvalue weighted by atomic mass is 16.5. The number of nitrogens with one attached hydrogen (secondary N) is 2. The second-order valence-corrected chi connectivity index (χ2v) is 7.02. The SMILES string of the molecule is O=C(NCC1CCC(C(=O)Nc2ccccc2)CC1)OCc1ccccc1. The number of rotatable bonds is 6. The van der Waals surface area contributed by atoms with E-state index in [1.165, 1.54) is 0 Å². The highest BCUT2D eigenvalue weighted by molar-refractivity contribution is 5.92. The van der Waals surface area contributed by atoms with Gasteiger partial charge in [0, 0.05) is 18.2 Å². The summed E-state index contributed by atoms with van der Waals surface area (Å²) in [5.74, 6) is 0.538. The largest absolute Gasteiger partial charge is 0.445 e. The maximum absolute atomic E-state index is 12.4. The fraction of sp³-hybridized carbons (Fsp3) is 0.364. The summed E-state index contributed by atoms with van der Waals surface area (Å²) in [5, 5.41) is 5.83. The molecule has 2 aromatic carbocycles. The van der Waals surface area contributed by atoms with Crippen LogP contribution in [-0.4, -0.2) is 18.5 Å². The first-order chi connectivity index (χ1) is 13.2. The average molecular weight is 366 g/mol. The third kappa shape index (κ3) is 6.13. The second kappa shape index (κ2) is 9.76. The van der Waals surface area contributed by atoms with Crippen LogP contribution in [0.15, 0.2) is 60.7 Å². The third-order valence-corrected chi connectivity index (χ3v) is 5.01. The molecule has 2 amide bonds. The summed E-state index contributed by atoms with van der Waals surface area (Å²) in [7, 11) is 0. The molecule has 1 saturated carbocycles. The number of amides is 2. The van der Waals surface area contributed by atoms with Crippen molar-refractivity contribution in [2.45, 2.75) is 32.3 Å². The average Bonchev–Trinajstić information content (AvgIpc) is 2.72. The van der Waals surface area contributed by atoms with Gasteiger partial charge < -0.3 is 15.4 Å². The molecule has 0 aromatic heterocycles. The zero-order valence-corrected chi connectivity index (χ0v) is 15.4. The van der Waals surface area contributed by atoms with E-state index in [1.54, 1.807) is 0 Å². The van der Waals surface area contributed by atoms with Gasteiger partial charge in [0.2, 0.25) is 5.91 Å². The predicted molar refractivity (Wildman–Crippen MR) is 105 cm³/mol. The molecule has 1 aliphatic carbocycles. The molecule has 0 aliphatic heterocycles. The molecule has 2 N–H and O–H groups in total. The Kier molecular flexibility index (Phi) is 6.85. The van der Waals surface area contributed by atoms with Crippen molar-refractivity contribution in [1.82, 2.24) is 5.32 Å². The van der Waals surface area contributed by atoms with E-state index in [9.17, 15) is 9.59 Å². The van der Waals surface area contributed by atoms with Gasteiger partial charge in [-0.25, -0.2) is 4.79 Å². The Hall–Kier alpha value is -2.82. The number of carbonyl (C=O) groups is 2. The maximum Gasteiger partial charge on any atom is 0.407 e. The summed E-state index contributed by atoms with van der Waals surface area (Å²) in [6.45, 7) is 0.875. The van der Waals surface area contributed by atoms with Gasteiger partial charge >= 0.3 is 6.09 Å². The molecule has 142 valence electrons. The predicted octanol–water partition coefficient (Wildman–Crippen LogP) is 4.36. The lowest BCUT2D eigenvalue weighted by Crippen LogP contribution is -2.33. The lowest BCUT2D eigenvalue weighted by Gasteiger charge is -2.27. The van der Waals surface area contributed by atoms with E-state index in [0.717, 1.165) is 36.9 Å². The Labute approximate surface area is 160 Å². The van der Waals surface area contributed by atoms with Crippen molar-refractivity contribution >= 4 is 17.7 Å². The Morgan fingerprint density at radius 1 is 0.889 bits per heavy atom. The van der Waals surface area contributed by atoms with Crippen molar-refractivity contribution in [1.29, 1.82) is 0 Å². The summed E-state index contributed by atoms with van der Waals surface area (Å²) >= 11 is 0. The van der Waals surface area contributed by atoms with Gasteiger partial charge in [-0.1, -0.05) is 48.5 Å². The standard InChI is InChI=1S/C22H26N2O3/c25-21(24-20-9-5-2-6-10-20)19-13-11-17(12-14-19)15-23-22(26)27-16-18-7-3-1-4-8-18/h1-10,17,19H,11-16H2,(H,23,26)(H,24,25). The number of ether oxygens (including phenoxy) is 1. The summed E-state index contributed by atoms with van der Waals surface area (Å²) in [6, 6.07) is 19.2. The molecule has 0 saturated heterocycles. The van der Waals surface area contributed by atoms with Crippen molar-refractivity contribution in [3.63, 3.8) is 0 Å². The first-order valence-corrected chi connectivity index (χ1v) is 9.51. The van der Waals surface area contributed by atoms with Crippen molar-refractivity contribution in [2.24, 2.45) is 11.8 Å². The second-order valence-electron chi connectivity index (χ2n) is 7.02. The molecule has 2 aromatic rings. The molecule has 0 bridgehead atoms. The number of hydrogen-bond donors (Lipinski definition) is 2. The van der Waals surface area contributed by atoms with Crippen molar-refractivity contribution in [2.75, 3.05) is 11.9 Å². The van der Waals surface area contributed by atoms with Gasteiger partial charge in [-0.2, -0.15) is 0 Å². The molecule has 0 radical (unpaired) electrons. The zero-order valence-electron chi connectivity index (χ0n) is 15.4. The van der Waals surface area contributed by atoms with Crippen LogP contribution in [0.2, 0.25) is 0 Å². The Morgan fingerprint density at radius 2 is 1.52 bits per heavy atom. The lowest BCUT2D eigenvalue weighted by atomic mass is 9.81. The van der Waals surface area contributed by atoms with Crippen LogP contribution in [0.4, 0.5) is 10.5 Å². The molecule has 0 spiro atoms. The van der Waals surface area contributed by atoms with Gasteiger partial charge in [-0.15, -0.1) is 0 Å². The molecule has 5 nitrogen and oxygen atoms in total. The van der Waals surface area contributed by atoms with Crippen molar-refractivity contribution < 1.29 is 14.3 Å². The van der Waals surface area contributed by atoms with Crippen LogP contribution < -0.4 is 10.6 Å². The molecule has 0 atom stereocenters. The molecular formula is C22H26N2O3. The minimum atomic E-state index is -0.386. The van der Waals surface area contributed by atoms with E-state index < -0.39 is 0 Å². The monoisotopic (exact) mass is 366 g/mol. The fourth-order valence-corrected chi connectivity index (χ4v) is 3.40. The molecule has 0 heterocycles. The Bertz CT molecular complexity index is 726. The number of hydrogen-bond acceptors (Lipinski definition) is 3.